The first kappa shape index (κ1) is 19.2. The van der Waals surface area contributed by atoms with Crippen LogP contribution in [0.5, 0.6) is 5.75 Å². The Morgan fingerprint density at radius 1 is 1.26 bits per heavy atom. The van der Waals surface area contributed by atoms with Gasteiger partial charge in [-0.15, -0.1) is 11.3 Å². The number of carbonyl (C=O) groups is 1. The van der Waals surface area contributed by atoms with Gasteiger partial charge < -0.3 is 9.47 Å². The van der Waals surface area contributed by atoms with Crippen LogP contribution in [0.2, 0.25) is 4.47 Å². The number of aryl methyl sites for hydroxylation is 1. The third-order valence-electron chi connectivity index (χ3n) is 3.71. The summed E-state index contributed by atoms with van der Waals surface area (Å²) in [6.45, 7) is 5.06. The number of aromatic nitrogens is 3. The van der Waals surface area contributed by atoms with Crippen LogP contribution < -0.4 is 10.1 Å². The maximum Gasteiger partial charge on any atom is 0.412 e. The summed E-state index contributed by atoms with van der Waals surface area (Å²) in [6, 6.07) is 2.79. The number of rotatable bonds is 5. The quantitative estimate of drug-likeness (QED) is 0.661. The third-order valence-corrected chi connectivity index (χ3v) is 4.83. The highest BCUT2D eigenvalue weighted by Crippen LogP contribution is 2.31. The molecule has 0 fully saturated rings. The summed E-state index contributed by atoms with van der Waals surface area (Å²) in [5.41, 5.74) is 0.872. The number of amides is 1. The predicted molar refractivity (Wildman–Crippen MR) is 101 cm³/mol. The lowest BCUT2D eigenvalue weighted by Gasteiger charge is -2.22. The summed E-state index contributed by atoms with van der Waals surface area (Å²) in [5.74, 6) is 0.0633. The number of carbonyl (C=O) groups excluding carboxylic acids is 1. The highest BCUT2D eigenvalue weighted by atomic mass is 35.5. The average Bonchev–Trinajstić information content (AvgIpc) is 2.96. The molecule has 0 saturated heterocycles. The summed E-state index contributed by atoms with van der Waals surface area (Å²) in [6.07, 6.45) is 1.02. The molecule has 0 aliphatic heterocycles. The van der Waals surface area contributed by atoms with Gasteiger partial charge in [-0.05, 0) is 20.8 Å². The van der Waals surface area contributed by atoms with E-state index in [0.717, 1.165) is 0 Å². The van der Waals surface area contributed by atoms with E-state index in [9.17, 15) is 9.18 Å². The molecule has 1 amide bonds. The number of ether oxygens (including phenoxy) is 2. The first-order valence-corrected chi connectivity index (χ1v) is 9.20. The van der Waals surface area contributed by atoms with Crippen molar-refractivity contribution in [3.8, 4) is 5.75 Å². The summed E-state index contributed by atoms with van der Waals surface area (Å²) in [7, 11) is 0. The van der Waals surface area contributed by atoms with Gasteiger partial charge in [0, 0.05) is 12.1 Å². The van der Waals surface area contributed by atoms with Gasteiger partial charge in [0.25, 0.3) is 0 Å². The molecule has 0 spiro atoms. The SMILES string of the molecule is Cc1ncc(NC(=O)O[C@H](C)[C@H](C)Oc2cc3sc(Cl)nc3cc2F)cn1. The zero-order valence-corrected chi connectivity index (χ0v) is 16.3. The highest BCUT2D eigenvalue weighted by molar-refractivity contribution is 7.22. The maximum absolute atomic E-state index is 14.2. The summed E-state index contributed by atoms with van der Waals surface area (Å²) >= 11 is 7.07. The Bertz CT molecular complexity index is 967. The number of benzene rings is 1. The van der Waals surface area contributed by atoms with Crippen LogP contribution >= 0.6 is 22.9 Å². The number of hydrogen-bond acceptors (Lipinski definition) is 7. The van der Waals surface area contributed by atoms with Crippen LogP contribution in [0.1, 0.15) is 19.7 Å². The van der Waals surface area contributed by atoms with Crippen LogP contribution in [0, 0.1) is 12.7 Å². The van der Waals surface area contributed by atoms with E-state index in [-0.39, 0.29) is 5.75 Å². The van der Waals surface area contributed by atoms with Crippen molar-refractivity contribution in [2.24, 2.45) is 0 Å². The van der Waals surface area contributed by atoms with Crippen molar-refractivity contribution in [1.82, 2.24) is 15.0 Å². The highest BCUT2D eigenvalue weighted by Gasteiger charge is 2.21. The smallest absolute Gasteiger partial charge is 0.412 e. The molecule has 0 radical (unpaired) electrons. The van der Waals surface area contributed by atoms with Crippen LogP contribution in [-0.4, -0.2) is 33.3 Å². The molecule has 142 valence electrons. The van der Waals surface area contributed by atoms with Crippen LogP contribution in [-0.2, 0) is 4.74 Å². The van der Waals surface area contributed by atoms with E-state index in [0.29, 0.717) is 26.2 Å². The zero-order valence-electron chi connectivity index (χ0n) is 14.7. The van der Waals surface area contributed by atoms with Crippen molar-refractivity contribution >= 4 is 44.9 Å². The molecule has 0 unspecified atom stereocenters. The lowest BCUT2D eigenvalue weighted by molar-refractivity contribution is 0.0402. The number of fused-ring (bicyclic) bond motifs is 1. The van der Waals surface area contributed by atoms with Gasteiger partial charge in [-0.1, -0.05) is 11.6 Å². The van der Waals surface area contributed by atoms with Gasteiger partial charge in [0.15, 0.2) is 16.0 Å². The monoisotopic (exact) mass is 410 g/mol. The second-order valence-electron chi connectivity index (χ2n) is 5.79. The third kappa shape index (κ3) is 4.81. The minimum atomic E-state index is -0.685. The lowest BCUT2D eigenvalue weighted by atomic mass is 10.2. The first-order chi connectivity index (χ1) is 12.8. The standard InChI is InChI=1S/C17H16ClFN4O3S/c1-8(9(2)26-17(24)22-11-6-20-10(3)21-7-11)25-14-5-15-13(4-12(14)19)23-16(18)27-15/h4-9H,1-3H3,(H,22,24)/t8-,9+/m0/s1. The Kier molecular flexibility index (Phi) is 5.71. The number of anilines is 1. The van der Waals surface area contributed by atoms with E-state index >= 15 is 0 Å². The lowest BCUT2D eigenvalue weighted by Crippen LogP contribution is -2.32. The van der Waals surface area contributed by atoms with E-state index in [1.54, 1.807) is 20.8 Å². The molecule has 0 saturated carbocycles. The molecule has 7 nitrogen and oxygen atoms in total. The molecule has 0 aliphatic rings. The van der Waals surface area contributed by atoms with Gasteiger partial charge >= 0.3 is 6.09 Å². The molecule has 3 rings (SSSR count). The van der Waals surface area contributed by atoms with Crippen molar-refractivity contribution in [1.29, 1.82) is 0 Å². The summed E-state index contributed by atoms with van der Waals surface area (Å²) in [4.78, 5) is 23.9. The Morgan fingerprint density at radius 3 is 2.67 bits per heavy atom. The molecule has 2 aromatic heterocycles. The first-order valence-electron chi connectivity index (χ1n) is 8.00. The van der Waals surface area contributed by atoms with Crippen molar-refractivity contribution in [3.63, 3.8) is 0 Å². The van der Waals surface area contributed by atoms with Crippen LogP contribution in [0.15, 0.2) is 24.5 Å². The zero-order chi connectivity index (χ0) is 19.6. The fraction of sp³-hybridized carbons (Fsp3) is 0.294. The van der Waals surface area contributed by atoms with E-state index < -0.39 is 24.1 Å². The van der Waals surface area contributed by atoms with E-state index in [4.69, 9.17) is 21.1 Å². The minimum Gasteiger partial charge on any atom is -0.484 e. The molecule has 10 heteroatoms. The van der Waals surface area contributed by atoms with E-state index in [2.05, 4.69) is 20.3 Å². The average molecular weight is 411 g/mol. The molecule has 3 aromatic rings. The van der Waals surface area contributed by atoms with Gasteiger partial charge in [-0.25, -0.2) is 24.1 Å². The largest absolute Gasteiger partial charge is 0.484 e. The maximum atomic E-state index is 14.2. The number of thiazole rings is 1. The molecule has 1 aromatic carbocycles. The minimum absolute atomic E-state index is 0.0399. The molecule has 1 N–H and O–H groups in total. The molecule has 0 bridgehead atoms. The predicted octanol–water partition coefficient (Wildman–Crippen LogP) is 4.59. The van der Waals surface area contributed by atoms with Crippen LogP contribution in [0.3, 0.4) is 0 Å². The van der Waals surface area contributed by atoms with Gasteiger partial charge in [-0.2, -0.15) is 0 Å². The Labute approximate surface area is 163 Å². The van der Waals surface area contributed by atoms with Crippen molar-refractivity contribution in [3.05, 3.63) is 40.6 Å². The second kappa shape index (κ2) is 8.01. The molecular formula is C17H16ClFN4O3S. The number of halogens is 2. The normalized spacial score (nSPS) is 13.2. The number of nitrogens with one attached hydrogen (secondary N) is 1. The topological polar surface area (TPSA) is 86.2 Å². The fourth-order valence-electron chi connectivity index (χ4n) is 2.16. The van der Waals surface area contributed by atoms with Crippen molar-refractivity contribution in [2.75, 3.05) is 5.32 Å². The van der Waals surface area contributed by atoms with Gasteiger partial charge in [-0.3, -0.25) is 5.32 Å². The molecular weight excluding hydrogens is 395 g/mol. The summed E-state index contributed by atoms with van der Waals surface area (Å²) in [5, 5.41) is 2.52. The number of hydrogen-bond donors (Lipinski definition) is 1. The Morgan fingerprint density at radius 2 is 1.96 bits per heavy atom. The molecule has 27 heavy (non-hydrogen) atoms. The summed E-state index contributed by atoms with van der Waals surface area (Å²) < 4.78 is 26.1. The van der Waals surface area contributed by atoms with Crippen LogP contribution in [0.25, 0.3) is 10.2 Å². The van der Waals surface area contributed by atoms with Gasteiger partial charge in [0.2, 0.25) is 0 Å². The van der Waals surface area contributed by atoms with Gasteiger partial charge in [0.1, 0.15) is 18.0 Å². The van der Waals surface area contributed by atoms with E-state index in [1.807, 2.05) is 0 Å². The second-order valence-corrected chi connectivity index (χ2v) is 7.41. The molecule has 0 aliphatic carbocycles. The number of nitrogens with zero attached hydrogens (tertiary/aromatic N) is 3. The fourth-order valence-corrected chi connectivity index (χ4v) is 3.20. The van der Waals surface area contributed by atoms with E-state index in [1.165, 1.54) is 35.9 Å². The molecule has 2 atom stereocenters. The van der Waals surface area contributed by atoms with Crippen molar-refractivity contribution < 1.29 is 18.7 Å². The Balaban J connectivity index is 1.61. The molecule has 2 heterocycles. The van der Waals surface area contributed by atoms with Crippen LogP contribution in [0.4, 0.5) is 14.9 Å². The van der Waals surface area contributed by atoms with Crippen molar-refractivity contribution in [2.45, 2.75) is 33.0 Å². The Hall–Kier alpha value is -2.52. The van der Waals surface area contributed by atoms with Gasteiger partial charge in [0.05, 0.1) is 28.3 Å².